The van der Waals surface area contributed by atoms with Crippen LogP contribution in [-0.4, -0.2) is 41.2 Å². The van der Waals surface area contributed by atoms with Crippen LogP contribution in [0.25, 0.3) is 0 Å². The van der Waals surface area contributed by atoms with Crippen LogP contribution >= 0.6 is 11.3 Å². The van der Waals surface area contributed by atoms with E-state index in [1.807, 2.05) is 0 Å². The summed E-state index contributed by atoms with van der Waals surface area (Å²) in [6, 6.07) is 1.18. The van der Waals surface area contributed by atoms with Gasteiger partial charge in [-0.25, -0.2) is 4.79 Å². The molecule has 39 heavy (non-hydrogen) atoms. The largest absolute Gasteiger partial charge is 0.477 e. The zero-order chi connectivity index (χ0) is 28.4. The third kappa shape index (κ3) is 6.60. The highest BCUT2D eigenvalue weighted by Crippen LogP contribution is 2.57. The second kappa shape index (κ2) is 11.6. The molecule has 7 nitrogen and oxygen atoms in total. The molecule has 1 aromatic rings. The maximum Gasteiger partial charge on any atom is 0.405 e. The Bertz CT molecular complexity index is 1180. The maximum atomic E-state index is 14.0. The Hall–Kier alpha value is -3.00. The number of halogens is 3. The summed E-state index contributed by atoms with van der Waals surface area (Å²) in [5.74, 6) is 3.77. The lowest BCUT2D eigenvalue weighted by Crippen LogP contribution is -2.47. The van der Waals surface area contributed by atoms with Gasteiger partial charge >= 0.3 is 12.1 Å². The highest BCUT2D eigenvalue weighted by molar-refractivity contribution is 7.15. The number of nitrogens with zero attached hydrogens (tertiary/aromatic N) is 1. The molecule has 212 valence electrons. The predicted octanol–water partition coefficient (Wildman–Crippen LogP) is 6.08. The molecule has 0 aliphatic heterocycles. The molecule has 0 spiro atoms. The molecule has 1 amide bonds. The molecule has 0 aromatic carbocycles. The van der Waals surface area contributed by atoms with E-state index in [0.29, 0.717) is 44.4 Å². The van der Waals surface area contributed by atoms with Gasteiger partial charge in [0.25, 0.3) is 0 Å². The van der Waals surface area contributed by atoms with Crippen LogP contribution in [0.1, 0.15) is 85.7 Å². The molecule has 3 saturated carbocycles. The summed E-state index contributed by atoms with van der Waals surface area (Å²) < 4.78 is 45.8. The van der Waals surface area contributed by atoms with Crippen molar-refractivity contribution in [1.82, 2.24) is 0 Å². The van der Waals surface area contributed by atoms with Crippen LogP contribution < -0.4 is 10.6 Å². The van der Waals surface area contributed by atoms with E-state index in [1.54, 1.807) is 4.90 Å². The molecule has 3 fully saturated rings. The second-order valence-corrected chi connectivity index (χ2v) is 11.9. The van der Waals surface area contributed by atoms with E-state index >= 15 is 0 Å². The molecule has 0 radical (unpaired) electrons. The number of thiophene rings is 1. The molecular weight excluding hydrogens is 531 g/mol. The Kier molecular flexibility index (Phi) is 8.64. The van der Waals surface area contributed by atoms with Gasteiger partial charge in [-0.2, -0.15) is 13.2 Å². The Morgan fingerprint density at radius 3 is 2.36 bits per heavy atom. The van der Waals surface area contributed by atoms with Gasteiger partial charge in [-0.3, -0.25) is 10.2 Å². The first-order chi connectivity index (χ1) is 18.4. The molecule has 0 unspecified atom stereocenters. The monoisotopic (exact) mass is 565 g/mol. The van der Waals surface area contributed by atoms with E-state index < -0.39 is 17.6 Å². The van der Waals surface area contributed by atoms with Crippen LogP contribution in [0.3, 0.4) is 0 Å². The summed E-state index contributed by atoms with van der Waals surface area (Å²) in [5.41, 5.74) is 3.51. The fraction of sp³-hybridized carbons (Fsp3) is 0.607. The number of ether oxygens (including phenoxy) is 1. The summed E-state index contributed by atoms with van der Waals surface area (Å²) in [5, 5.41) is 17.8. The number of hydrogen-bond donors (Lipinski definition) is 3. The molecule has 0 saturated heterocycles. The Morgan fingerprint density at radius 1 is 1.18 bits per heavy atom. The topological polar surface area (TPSA) is 117 Å². The van der Waals surface area contributed by atoms with Gasteiger partial charge in [0.2, 0.25) is 11.8 Å². The molecule has 1 heterocycles. The van der Waals surface area contributed by atoms with Crippen LogP contribution in [0.2, 0.25) is 0 Å². The quantitative estimate of drug-likeness (QED) is 0.220. The first-order valence-electron chi connectivity index (χ1n) is 13.4. The Balaban J connectivity index is 1.63. The molecule has 0 atom stereocenters. The lowest BCUT2D eigenvalue weighted by atomic mass is 9.81. The molecule has 3 aliphatic carbocycles. The summed E-state index contributed by atoms with van der Waals surface area (Å²) in [7, 11) is 0. The smallest absolute Gasteiger partial charge is 0.405 e. The van der Waals surface area contributed by atoms with Gasteiger partial charge in [-0.15, -0.1) is 11.3 Å². The number of carboxylic acids is 1. The number of nitrogens with two attached hydrogens (primary N) is 1. The molecule has 4 N–H and O–H groups in total. The van der Waals surface area contributed by atoms with E-state index in [9.17, 15) is 27.9 Å². The average Bonchev–Trinajstić information content (AvgIpc) is 3.58. The van der Waals surface area contributed by atoms with Gasteiger partial charge in [-0.05, 0) is 82.4 Å². The molecule has 3 aliphatic rings. The summed E-state index contributed by atoms with van der Waals surface area (Å²) >= 11 is 0.811. The van der Waals surface area contributed by atoms with Crippen LogP contribution in [0.5, 0.6) is 0 Å². The van der Waals surface area contributed by atoms with Crippen LogP contribution in [0.4, 0.5) is 18.9 Å². The van der Waals surface area contributed by atoms with Gasteiger partial charge in [-0.1, -0.05) is 18.8 Å². The zero-order valence-corrected chi connectivity index (χ0v) is 22.7. The fourth-order valence-electron chi connectivity index (χ4n) is 5.49. The maximum absolute atomic E-state index is 14.0. The number of aromatic carboxylic acids is 1. The molecule has 4 rings (SSSR count). The van der Waals surface area contributed by atoms with Crippen LogP contribution in [-0.2, 0) is 9.53 Å². The minimum absolute atomic E-state index is 0.0493. The standard InChI is InChI=1S/C28H34F3N3O4S/c1-17-2-4-18(5-3-17)25(35)34(19-6-8-20(9-7-19)38-23(33)11-15-32)22-16-21(39-24(22)26(36)37)10-12-27(13-14-27)28(29,30)31/h11,15-20,33H,2-9,13-14,32H2,1H3,(H,36,37)/b15-11-,33-23?/t17-,18-,19-,20-. The minimum atomic E-state index is -4.44. The van der Waals surface area contributed by atoms with Gasteiger partial charge in [0.05, 0.1) is 10.6 Å². The number of carboxylic acid groups (broad SMARTS) is 1. The first-order valence-corrected chi connectivity index (χ1v) is 14.2. The van der Waals surface area contributed by atoms with Crippen molar-refractivity contribution in [2.24, 2.45) is 23.0 Å². The first kappa shape index (κ1) is 29.0. The van der Waals surface area contributed by atoms with Gasteiger partial charge < -0.3 is 20.5 Å². The predicted molar refractivity (Wildman–Crippen MR) is 143 cm³/mol. The van der Waals surface area contributed by atoms with Crippen LogP contribution in [0, 0.1) is 34.5 Å². The van der Waals surface area contributed by atoms with Crippen LogP contribution in [0.15, 0.2) is 18.3 Å². The summed E-state index contributed by atoms with van der Waals surface area (Å²) in [4.78, 5) is 27.9. The van der Waals surface area contributed by atoms with Gasteiger partial charge in [0.15, 0.2) is 0 Å². The minimum Gasteiger partial charge on any atom is -0.477 e. The summed E-state index contributed by atoms with van der Waals surface area (Å²) in [6.07, 6.45) is 3.21. The number of alkyl halides is 3. The number of carbonyl (C=O) groups is 2. The number of amides is 1. The van der Waals surface area contributed by atoms with E-state index in [1.165, 1.54) is 18.3 Å². The summed E-state index contributed by atoms with van der Waals surface area (Å²) in [6.45, 7) is 2.15. The van der Waals surface area contributed by atoms with Crippen molar-refractivity contribution >= 4 is 34.8 Å². The van der Waals surface area contributed by atoms with E-state index in [2.05, 4.69) is 18.8 Å². The normalized spacial score (nSPS) is 26.4. The number of carbonyl (C=O) groups excluding carboxylic acids is 1. The highest BCUT2D eigenvalue weighted by atomic mass is 32.1. The number of nitrogens with one attached hydrogen (secondary N) is 1. The second-order valence-electron chi connectivity index (χ2n) is 10.9. The molecule has 0 bridgehead atoms. The molecule has 1 aromatic heterocycles. The van der Waals surface area contributed by atoms with Crippen molar-refractivity contribution in [1.29, 1.82) is 5.41 Å². The zero-order valence-electron chi connectivity index (χ0n) is 21.9. The van der Waals surface area contributed by atoms with Crippen molar-refractivity contribution < 1.29 is 32.6 Å². The SMILES string of the molecule is C[C@H]1CC[C@H](C(=O)N(c2cc(C#CC3(C(F)(F)F)CC3)sc2C(=O)O)[C@H]2CC[C@H](OC(=N)/C=C\N)CC2)CC1. The average molecular weight is 566 g/mol. The lowest BCUT2D eigenvalue weighted by molar-refractivity contribution is -0.168. The Morgan fingerprint density at radius 2 is 1.82 bits per heavy atom. The number of rotatable bonds is 6. The fourth-order valence-corrected chi connectivity index (χ4v) is 6.33. The Labute approximate surface area is 230 Å². The number of anilines is 1. The third-order valence-electron chi connectivity index (χ3n) is 8.04. The van der Waals surface area contributed by atoms with Crippen molar-refractivity contribution in [3.8, 4) is 11.8 Å². The van der Waals surface area contributed by atoms with E-state index in [-0.39, 0.29) is 58.2 Å². The molecule has 11 heteroatoms. The lowest BCUT2D eigenvalue weighted by Gasteiger charge is -2.39. The number of hydrogen-bond acceptors (Lipinski definition) is 6. The molecular formula is C28H34F3N3O4S. The highest BCUT2D eigenvalue weighted by Gasteiger charge is 2.62. The van der Waals surface area contributed by atoms with E-state index in [4.69, 9.17) is 15.9 Å². The van der Waals surface area contributed by atoms with Gasteiger partial charge in [0, 0.05) is 18.0 Å². The van der Waals surface area contributed by atoms with Crippen molar-refractivity contribution in [3.05, 3.63) is 28.1 Å². The van der Waals surface area contributed by atoms with E-state index in [0.717, 1.165) is 24.2 Å². The van der Waals surface area contributed by atoms with Crippen molar-refractivity contribution in [2.75, 3.05) is 4.90 Å². The van der Waals surface area contributed by atoms with Crippen molar-refractivity contribution in [3.63, 3.8) is 0 Å². The van der Waals surface area contributed by atoms with Crippen molar-refractivity contribution in [2.45, 2.75) is 89.5 Å². The van der Waals surface area contributed by atoms with Gasteiger partial charge in [0.1, 0.15) is 16.4 Å². The third-order valence-corrected chi connectivity index (χ3v) is 9.06.